The molecule has 0 saturated carbocycles. The third-order valence-electron chi connectivity index (χ3n) is 13.6. The highest BCUT2D eigenvalue weighted by Crippen LogP contribution is 2.62. The molecular weight excluding hydrogens is 781 g/mol. The molecule has 0 saturated heterocycles. The fraction of sp³-hybridized carbons (Fsp3) is 0.0169. The van der Waals surface area contributed by atoms with Gasteiger partial charge >= 0.3 is 0 Å². The van der Waals surface area contributed by atoms with Gasteiger partial charge in [0.25, 0.3) is 0 Å². The molecule has 0 N–H and O–H groups in total. The predicted molar refractivity (Wildman–Crippen MR) is 259 cm³/mol. The number of hydrogen-bond acceptors (Lipinski definition) is 3. The quantitative estimate of drug-likeness (QED) is 0.178. The Labute approximate surface area is 368 Å². The molecular formula is C59H36N4O. The topological polar surface area (TPSA) is 44.9 Å². The molecule has 0 radical (unpaired) electrons. The Morgan fingerprint density at radius 3 is 1.75 bits per heavy atom. The van der Waals surface area contributed by atoms with Crippen molar-refractivity contribution in [3.05, 3.63) is 241 Å². The highest BCUT2D eigenvalue weighted by atomic mass is 16.5. The lowest BCUT2D eigenvalue weighted by Crippen LogP contribution is -2.37. The molecule has 5 heterocycles. The van der Waals surface area contributed by atoms with Crippen molar-refractivity contribution in [2.45, 2.75) is 5.41 Å². The molecule has 0 aliphatic carbocycles. The summed E-state index contributed by atoms with van der Waals surface area (Å²) in [6.07, 6.45) is 0. The van der Waals surface area contributed by atoms with E-state index in [-0.39, 0.29) is 0 Å². The lowest BCUT2D eigenvalue weighted by atomic mass is 9.61. The monoisotopic (exact) mass is 816 g/mol. The Balaban J connectivity index is 1.06. The fourth-order valence-corrected chi connectivity index (χ4v) is 11.0. The second-order valence-corrected chi connectivity index (χ2v) is 16.9. The van der Waals surface area contributed by atoms with Crippen LogP contribution in [0.15, 0.2) is 218 Å². The van der Waals surface area contributed by atoms with Crippen LogP contribution in [0.1, 0.15) is 22.3 Å². The van der Waals surface area contributed by atoms with E-state index in [1.165, 1.54) is 38.6 Å². The van der Waals surface area contributed by atoms with Gasteiger partial charge in [0.2, 0.25) is 0 Å². The van der Waals surface area contributed by atoms with Gasteiger partial charge in [-0.25, -0.2) is 9.97 Å². The van der Waals surface area contributed by atoms with E-state index < -0.39 is 5.41 Å². The molecule has 1 unspecified atom stereocenters. The van der Waals surface area contributed by atoms with Crippen molar-refractivity contribution in [3.8, 4) is 56.8 Å². The first kappa shape index (κ1) is 35.1. The molecule has 2 aliphatic rings. The second kappa shape index (κ2) is 13.2. The summed E-state index contributed by atoms with van der Waals surface area (Å²) < 4.78 is 12.3. The summed E-state index contributed by atoms with van der Waals surface area (Å²) in [5, 5.41) is 4.78. The standard InChI is InChI=1S/C59H36N4O/c1-3-17-37(18-4-1)49-36-50(61-58(60-49)38-19-5-2-6-20-38)39-21-15-22-40(35-39)62-51-29-11-7-24-42(51)44-33-34-48-57(56(44)62)64-54-32-14-10-27-46(54)59(48)45-26-9-13-31-53(45)63-52-30-12-8-23-41(52)43-25-16-28-47(59)55(43)63/h1-36H. The Kier molecular flexibility index (Phi) is 7.26. The molecule has 1 spiro atoms. The van der Waals surface area contributed by atoms with Crippen LogP contribution in [0.5, 0.6) is 11.5 Å². The molecule has 0 bridgehead atoms. The van der Waals surface area contributed by atoms with Crippen LogP contribution in [0.4, 0.5) is 0 Å². The lowest BCUT2D eigenvalue weighted by Gasteiger charge is -2.45. The molecule has 9 aromatic carbocycles. The summed E-state index contributed by atoms with van der Waals surface area (Å²) in [5.74, 6) is 2.40. The number of benzene rings is 9. The van der Waals surface area contributed by atoms with Crippen molar-refractivity contribution < 1.29 is 4.74 Å². The third kappa shape index (κ3) is 4.72. The van der Waals surface area contributed by atoms with Gasteiger partial charge in [-0.05, 0) is 53.6 Å². The van der Waals surface area contributed by atoms with E-state index in [1.54, 1.807) is 0 Å². The van der Waals surface area contributed by atoms with E-state index in [2.05, 4.69) is 203 Å². The maximum Gasteiger partial charge on any atom is 0.160 e. The average Bonchev–Trinajstić information content (AvgIpc) is 3.90. The van der Waals surface area contributed by atoms with Crippen LogP contribution in [-0.2, 0) is 5.41 Å². The van der Waals surface area contributed by atoms with Gasteiger partial charge in [-0.15, -0.1) is 0 Å². The van der Waals surface area contributed by atoms with Crippen molar-refractivity contribution in [1.82, 2.24) is 19.1 Å². The maximum atomic E-state index is 7.36. The number of nitrogens with zero attached hydrogens (tertiary/aromatic N) is 4. The van der Waals surface area contributed by atoms with Crippen LogP contribution >= 0.6 is 0 Å². The third-order valence-corrected chi connectivity index (χ3v) is 13.6. The van der Waals surface area contributed by atoms with Crippen LogP contribution in [-0.4, -0.2) is 19.1 Å². The van der Waals surface area contributed by atoms with E-state index >= 15 is 0 Å². The van der Waals surface area contributed by atoms with Gasteiger partial charge in [-0.1, -0.05) is 176 Å². The van der Waals surface area contributed by atoms with Crippen LogP contribution in [0, 0.1) is 0 Å². The van der Waals surface area contributed by atoms with E-state index in [9.17, 15) is 0 Å². The molecule has 14 rings (SSSR count). The summed E-state index contributed by atoms with van der Waals surface area (Å²) in [6.45, 7) is 0. The SMILES string of the molecule is c1ccc(-c2cc(-c3cccc(-n4c5ccccc5c5ccc6c(c54)Oc4ccccc4C64c5ccccc5-n5c6ccccc6c6cccc4c65)c3)nc(-c3ccccc3)n2)cc1. The summed E-state index contributed by atoms with van der Waals surface area (Å²) >= 11 is 0. The average molecular weight is 817 g/mol. The Bertz CT molecular complexity index is 3830. The van der Waals surface area contributed by atoms with E-state index in [1.807, 2.05) is 24.3 Å². The van der Waals surface area contributed by atoms with Gasteiger partial charge in [0.15, 0.2) is 11.6 Å². The maximum absolute atomic E-state index is 7.36. The largest absolute Gasteiger partial charge is 0.454 e. The molecule has 64 heavy (non-hydrogen) atoms. The molecule has 298 valence electrons. The molecule has 5 nitrogen and oxygen atoms in total. The number of hydrogen-bond donors (Lipinski definition) is 0. The summed E-state index contributed by atoms with van der Waals surface area (Å²) in [6, 6.07) is 78.2. The zero-order chi connectivity index (χ0) is 41.9. The number of ether oxygens (including phenoxy) is 1. The minimum atomic E-state index is -0.690. The number of rotatable bonds is 4. The highest BCUT2D eigenvalue weighted by molar-refractivity contribution is 6.14. The van der Waals surface area contributed by atoms with Gasteiger partial charge < -0.3 is 13.9 Å². The Morgan fingerprint density at radius 2 is 0.953 bits per heavy atom. The predicted octanol–water partition coefficient (Wildman–Crippen LogP) is 14.5. The second-order valence-electron chi connectivity index (χ2n) is 16.9. The molecule has 3 aromatic heterocycles. The van der Waals surface area contributed by atoms with Gasteiger partial charge in [0, 0.05) is 55.0 Å². The molecule has 12 aromatic rings. The molecule has 2 aliphatic heterocycles. The molecule has 1 atom stereocenters. The van der Waals surface area contributed by atoms with Gasteiger partial charge in [-0.2, -0.15) is 0 Å². The Hall–Kier alpha value is -8.54. The minimum Gasteiger partial charge on any atom is -0.454 e. The molecule has 0 amide bonds. The number of aromatic nitrogens is 4. The fourth-order valence-electron chi connectivity index (χ4n) is 11.0. The van der Waals surface area contributed by atoms with E-state index in [4.69, 9.17) is 14.7 Å². The lowest BCUT2D eigenvalue weighted by molar-refractivity contribution is 0.438. The summed E-state index contributed by atoms with van der Waals surface area (Å²) in [4.78, 5) is 10.3. The molecule has 5 heteroatoms. The normalized spacial score (nSPS) is 14.8. The van der Waals surface area contributed by atoms with Crippen LogP contribution < -0.4 is 4.74 Å². The van der Waals surface area contributed by atoms with Gasteiger partial charge in [-0.3, -0.25) is 0 Å². The first-order valence-electron chi connectivity index (χ1n) is 21.8. The van der Waals surface area contributed by atoms with Crippen molar-refractivity contribution in [3.63, 3.8) is 0 Å². The van der Waals surface area contributed by atoms with Gasteiger partial charge in [0.05, 0.1) is 44.6 Å². The Morgan fingerprint density at radius 1 is 0.375 bits per heavy atom. The van der Waals surface area contributed by atoms with Gasteiger partial charge in [0.1, 0.15) is 5.75 Å². The van der Waals surface area contributed by atoms with Crippen molar-refractivity contribution in [1.29, 1.82) is 0 Å². The van der Waals surface area contributed by atoms with Crippen LogP contribution in [0.3, 0.4) is 0 Å². The summed E-state index contributed by atoms with van der Waals surface area (Å²) in [5.41, 5.74) is 15.5. The van der Waals surface area contributed by atoms with Crippen LogP contribution in [0.25, 0.3) is 88.9 Å². The number of para-hydroxylation sites is 5. The van der Waals surface area contributed by atoms with E-state index in [0.717, 1.165) is 78.2 Å². The zero-order valence-corrected chi connectivity index (χ0v) is 34.5. The van der Waals surface area contributed by atoms with E-state index in [0.29, 0.717) is 5.82 Å². The first-order chi connectivity index (χ1) is 31.8. The van der Waals surface area contributed by atoms with Crippen molar-refractivity contribution in [2.75, 3.05) is 0 Å². The first-order valence-corrected chi connectivity index (χ1v) is 21.8. The minimum absolute atomic E-state index is 0.687. The van der Waals surface area contributed by atoms with Crippen molar-refractivity contribution in [2.24, 2.45) is 0 Å². The highest BCUT2D eigenvalue weighted by Gasteiger charge is 2.51. The summed E-state index contributed by atoms with van der Waals surface area (Å²) in [7, 11) is 0. The van der Waals surface area contributed by atoms with Crippen molar-refractivity contribution >= 4 is 43.6 Å². The van der Waals surface area contributed by atoms with Crippen LogP contribution in [0.2, 0.25) is 0 Å². The zero-order valence-electron chi connectivity index (χ0n) is 34.5. The number of fused-ring (bicyclic) bond motifs is 15. The molecule has 0 fully saturated rings. The smallest absolute Gasteiger partial charge is 0.160 e.